The number of carbonyl (C=O) groups is 2. The minimum absolute atomic E-state index is 0.0227. The Morgan fingerprint density at radius 2 is 2.18 bits per heavy atom. The number of nitrogens with zero attached hydrogens (tertiary/aromatic N) is 3. The summed E-state index contributed by atoms with van der Waals surface area (Å²) in [5, 5.41) is 12.8. The standard InChI is InChI=1S/C15H17N5O2/c1-10-2-4-13(5-3-10)20-9-11(6-14(20)21)15(22)16-7-12-8-17-19-18-12/h2-5,8,11H,6-7,9H2,1H3,(H,16,22)(H,17,18,19)/t11-/m1/s1. The number of aromatic amines is 1. The SMILES string of the molecule is Cc1ccc(N2C[C@H](C(=O)NCc3cn[nH]n3)CC2=O)cc1. The number of nitrogens with one attached hydrogen (secondary N) is 2. The second-order valence-corrected chi connectivity index (χ2v) is 5.42. The fraction of sp³-hybridized carbons (Fsp3) is 0.333. The molecule has 1 fully saturated rings. The fourth-order valence-corrected chi connectivity index (χ4v) is 2.49. The Morgan fingerprint density at radius 3 is 2.86 bits per heavy atom. The molecule has 0 radical (unpaired) electrons. The lowest BCUT2D eigenvalue weighted by Crippen LogP contribution is -2.32. The lowest BCUT2D eigenvalue weighted by atomic mass is 10.1. The van der Waals surface area contributed by atoms with Crippen LogP contribution in [-0.4, -0.2) is 33.8 Å². The van der Waals surface area contributed by atoms with E-state index in [1.807, 2.05) is 31.2 Å². The van der Waals surface area contributed by atoms with Gasteiger partial charge in [-0.1, -0.05) is 17.7 Å². The fourth-order valence-electron chi connectivity index (χ4n) is 2.49. The van der Waals surface area contributed by atoms with Crippen LogP contribution in [-0.2, 0) is 16.1 Å². The highest BCUT2D eigenvalue weighted by atomic mass is 16.2. The molecule has 3 rings (SSSR count). The van der Waals surface area contributed by atoms with E-state index in [9.17, 15) is 9.59 Å². The van der Waals surface area contributed by atoms with Gasteiger partial charge in [-0.3, -0.25) is 9.59 Å². The molecule has 114 valence electrons. The molecule has 22 heavy (non-hydrogen) atoms. The molecule has 2 amide bonds. The van der Waals surface area contributed by atoms with Gasteiger partial charge in [-0.25, -0.2) is 0 Å². The van der Waals surface area contributed by atoms with Gasteiger partial charge in [0.25, 0.3) is 0 Å². The molecule has 2 heterocycles. The minimum atomic E-state index is -0.333. The van der Waals surface area contributed by atoms with E-state index in [0.717, 1.165) is 11.3 Å². The predicted molar refractivity (Wildman–Crippen MR) is 79.9 cm³/mol. The molecular weight excluding hydrogens is 282 g/mol. The molecule has 0 unspecified atom stereocenters. The van der Waals surface area contributed by atoms with Crippen LogP contribution >= 0.6 is 0 Å². The van der Waals surface area contributed by atoms with E-state index in [1.54, 1.807) is 11.1 Å². The molecule has 2 aromatic rings. The van der Waals surface area contributed by atoms with Crippen LogP contribution in [0.5, 0.6) is 0 Å². The van der Waals surface area contributed by atoms with Crippen molar-refractivity contribution in [3.63, 3.8) is 0 Å². The Morgan fingerprint density at radius 1 is 1.41 bits per heavy atom. The highest BCUT2D eigenvalue weighted by molar-refractivity contribution is 6.00. The van der Waals surface area contributed by atoms with Gasteiger partial charge in [0.15, 0.2) is 0 Å². The summed E-state index contributed by atoms with van der Waals surface area (Å²) in [5.74, 6) is -0.489. The first kappa shape index (κ1) is 14.2. The lowest BCUT2D eigenvalue weighted by Gasteiger charge is -2.16. The Bertz CT molecular complexity index is 666. The summed E-state index contributed by atoms with van der Waals surface area (Å²) in [7, 11) is 0. The Labute approximate surface area is 127 Å². The van der Waals surface area contributed by atoms with Gasteiger partial charge in [0.1, 0.15) is 5.69 Å². The van der Waals surface area contributed by atoms with Crippen molar-refractivity contribution in [1.29, 1.82) is 0 Å². The Kier molecular flexibility index (Phi) is 3.86. The molecule has 0 saturated carbocycles. The first-order valence-electron chi connectivity index (χ1n) is 7.13. The van der Waals surface area contributed by atoms with Crippen molar-refractivity contribution >= 4 is 17.5 Å². The number of rotatable bonds is 4. The van der Waals surface area contributed by atoms with Crippen molar-refractivity contribution in [2.75, 3.05) is 11.4 Å². The minimum Gasteiger partial charge on any atom is -0.350 e. The number of hydrogen-bond donors (Lipinski definition) is 2. The average Bonchev–Trinajstić information content (AvgIpc) is 3.15. The van der Waals surface area contributed by atoms with E-state index in [0.29, 0.717) is 18.8 Å². The zero-order valence-corrected chi connectivity index (χ0v) is 12.2. The molecule has 1 aliphatic heterocycles. The average molecular weight is 299 g/mol. The van der Waals surface area contributed by atoms with Crippen LogP contribution in [0.3, 0.4) is 0 Å². The van der Waals surface area contributed by atoms with Crippen LogP contribution in [0.1, 0.15) is 17.7 Å². The summed E-state index contributed by atoms with van der Waals surface area (Å²) in [5.41, 5.74) is 2.63. The van der Waals surface area contributed by atoms with E-state index in [1.165, 1.54) is 0 Å². The summed E-state index contributed by atoms with van der Waals surface area (Å²) < 4.78 is 0. The summed E-state index contributed by atoms with van der Waals surface area (Å²) in [6.07, 6.45) is 1.79. The van der Waals surface area contributed by atoms with Gasteiger partial charge in [0.2, 0.25) is 11.8 Å². The van der Waals surface area contributed by atoms with Gasteiger partial charge in [0, 0.05) is 18.7 Å². The Hall–Kier alpha value is -2.70. The molecule has 1 aliphatic rings. The number of hydrogen-bond acceptors (Lipinski definition) is 4. The van der Waals surface area contributed by atoms with Crippen molar-refractivity contribution < 1.29 is 9.59 Å². The molecule has 7 heteroatoms. The molecule has 7 nitrogen and oxygen atoms in total. The van der Waals surface area contributed by atoms with Crippen molar-refractivity contribution in [2.45, 2.75) is 19.9 Å². The monoisotopic (exact) mass is 299 g/mol. The van der Waals surface area contributed by atoms with Crippen LogP contribution in [0.25, 0.3) is 0 Å². The summed E-state index contributed by atoms with van der Waals surface area (Å²) in [4.78, 5) is 26.0. The first-order chi connectivity index (χ1) is 10.6. The quantitative estimate of drug-likeness (QED) is 0.873. The smallest absolute Gasteiger partial charge is 0.227 e. The number of benzene rings is 1. The highest BCUT2D eigenvalue weighted by Gasteiger charge is 2.34. The number of aryl methyl sites for hydroxylation is 1. The van der Waals surface area contributed by atoms with E-state index >= 15 is 0 Å². The molecule has 1 aromatic heterocycles. The largest absolute Gasteiger partial charge is 0.350 e. The van der Waals surface area contributed by atoms with Gasteiger partial charge in [0.05, 0.1) is 18.7 Å². The maximum atomic E-state index is 12.2. The van der Waals surface area contributed by atoms with Crippen LogP contribution in [0.4, 0.5) is 5.69 Å². The number of anilines is 1. The van der Waals surface area contributed by atoms with E-state index in [-0.39, 0.29) is 24.2 Å². The first-order valence-corrected chi connectivity index (χ1v) is 7.13. The van der Waals surface area contributed by atoms with Crippen molar-refractivity contribution in [1.82, 2.24) is 20.7 Å². The number of aromatic nitrogens is 3. The van der Waals surface area contributed by atoms with Gasteiger partial charge in [-0.15, -0.1) is 0 Å². The molecule has 1 aromatic carbocycles. The molecule has 1 saturated heterocycles. The maximum absolute atomic E-state index is 12.2. The lowest BCUT2D eigenvalue weighted by molar-refractivity contribution is -0.126. The van der Waals surface area contributed by atoms with E-state index in [2.05, 4.69) is 20.7 Å². The van der Waals surface area contributed by atoms with E-state index in [4.69, 9.17) is 0 Å². The zero-order chi connectivity index (χ0) is 15.5. The van der Waals surface area contributed by atoms with Gasteiger partial charge < -0.3 is 10.2 Å². The molecule has 0 spiro atoms. The number of carbonyl (C=O) groups excluding carboxylic acids is 2. The van der Waals surface area contributed by atoms with Crippen LogP contribution in [0.15, 0.2) is 30.5 Å². The summed E-state index contributed by atoms with van der Waals surface area (Å²) in [6, 6.07) is 7.73. The van der Waals surface area contributed by atoms with Crippen LogP contribution < -0.4 is 10.2 Å². The molecular formula is C15H17N5O2. The summed E-state index contributed by atoms with van der Waals surface area (Å²) in [6.45, 7) is 2.72. The van der Waals surface area contributed by atoms with Crippen LogP contribution in [0.2, 0.25) is 0 Å². The maximum Gasteiger partial charge on any atom is 0.227 e. The van der Waals surface area contributed by atoms with Gasteiger partial charge in [-0.2, -0.15) is 15.4 Å². The van der Waals surface area contributed by atoms with Crippen molar-refractivity contribution in [2.24, 2.45) is 5.92 Å². The third kappa shape index (κ3) is 2.98. The number of H-pyrrole nitrogens is 1. The second kappa shape index (κ2) is 5.97. The van der Waals surface area contributed by atoms with Gasteiger partial charge >= 0.3 is 0 Å². The third-order valence-electron chi connectivity index (χ3n) is 3.75. The third-order valence-corrected chi connectivity index (χ3v) is 3.75. The molecule has 0 aliphatic carbocycles. The molecule has 1 atom stereocenters. The second-order valence-electron chi connectivity index (χ2n) is 5.42. The Balaban J connectivity index is 1.61. The molecule has 0 bridgehead atoms. The normalized spacial score (nSPS) is 17.8. The zero-order valence-electron chi connectivity index (χ0n) is 12.2. The van der Waals surface area contributed by atoms with Gasteiger partial charge in [-0.05, 0) is 19.1 Å². The number of amides is 2. The molecule has 2 N–H and O–H groups in total. The van der Waals surface area contributed by atoms with Crippen molar-refractivity contribution in [3.05, 3.63) is 41.7 Å². The summed E-state index contributed by atoms with van der Waals surface area (Å²) >= 11 is 0. The van der Waals surface area contributed by atoms with Crippen LogP contribution in [0, 0.1) is 12.8 Å². The van der Waals surface area contributed by atoms with Crippen molar-refractivity contribution in [3.8, 4) is 0 Å². The predicted octanol–water partition coefficient (Wildman–Crippen LogP) is 0.782. The topological polar surface area (TPSA) is 91.0 Å². The van der Waals surface area contributed by atoms with E-state index < -0.39 is 0 Å². The highest BCUT2D eigenvalue weighted by Crippen LogP contribution is 2.25.